The summed E-state index contributed by atoms with van der Waals surface area (Å²) >= 11 is 0. The molecule has 0 aliphatic carbocycles. The normalized spacial score (nSPS) is 17.7. The number of unbranched alkanes of at least 4 members (excludes halogenated alkanes) is 2. The van der Waals surface area contributed by atoms with Gasteiger partial charge in [0.1, 0.15) is 11.7 Å². The van der Waals surface area contributed by atoms with Crippen LogP contribution in [0.3, 0.4) is 0 Å². The van der Waals surface area contributed by atoms with Crippen molar-refractivity contribution >= 4 is 17.5 Å². The molecule has 1 aromatic rings. The largest absolute Gasteiger partial charge is 0.573 e. The average Bonchev–Trinajstić information content (AvgIpc) is 2.92. The van der Waals surface area contributed by atoms with Crippen LogP contribution >= 0.6 is 0 Å². The van der Waals surface area contributed by atoms with Crippen LogP contribution in [0, 0.1) is 5.92 Å². The highest BCUT2D eigenvalue weighted by atomic mass is 19.4. The molecule has 138 valence electrons. The Hall–Kier alpha value is -2.25. The van der Waals surface area contributed by atoms with E-state index in [0.29, 0.717) is 13.0 Å². The van der Waals surface area contributed by atoms with Crippen molar-refractivity contribution < 1.29 is 27.5 Å². The lowest BCUT2D eigenvalue weighted by Crippen LogP contribution is -2.37. The molecule has 1 atom stereocenters. The first kappa shape index (κ1) is 19.1. The van der Waals surface area contributed by atoms with Crippen LogP contribution < -0.4 is 15.0 Å². The van der Waals surface area contributed by atoms with E-state index in [2.05, 4.69) is 17.0 Å². The van der Waals surface area contributed by atoms with E-state index in [4.69, 9.17) is 0 Å². The molecule has 8 heteroatoms. The van der Waals surface area contributed by atoms with Crippen LogP contribution in [-0.2, 0) is 9.59 Å². The van der Waals surface area contributed by atoms with Crippen molar-refractivity contribution in [2.75, 3.05) is 18.0 Å². The first-order valence-corrected chi connectivity index (χ1v) is 8.26. The summed E-state index contributed by atoms with van der Waals surface area (Å²) in [6.07, 6.45) is -1.58. The number of amides is 2. The second-order valence-electron chi connectivity index (χ2n) is 5.87. The highest BCUT2D eigenvalue weighted by Crippen LogP contribution is 2.30. The van der Waals surface area contributed by atoms with Gasteiger partial charge in [0.15, 0.2) is 0 Å². The van der Waals surface area contributed by atoms with Gasteiger partial charge < -0.3 is 15.0 Å². The number of alkyl halides is 3. The number of hydrogen-bond acceptors (Lipinski definition) is 3. The number of hydrogen-bond donors (Lipinski definition) is 1. The van der Waals surface area contributed by atoms with Crippen LogP contribution in [0.2, 0.25) is 0 Å². The van der Waals surface area contributed by atoms with Crippen molar-refractivity contribution in [1.29, 1.82) is 0 Å². The molecule has 25 heavy (non-hydrogen) atoms. The van der Waals surface area contributed by atoms with Crippen molar-refractivity contribution in [2.24, 2.45) is 5.92 Å². The molecule has 1 aromatic carbocycles. The Morgan fingerprint density at radius 3 is 2.80 bits per heavy atom. The van der Waals surface area contributed by atoms with Gasteiger partial charge in [0.05, 0.1) is 0 Å². The molecular weight excluding hydrogens is 337 g/mol. The van der Waals surface area contributed by atoms with Gasteiger partial charge in [0.25, 0.3) is 0 Å². The molecular formula is C17H21F3N2O3. The van der Waals surface area contributed by atoms with Gasteiger partial charge in [-0.15, -0.1) is 13.2 Å². The minimum Gasteiger partial charge on any atom is -0.406 e. The molecule has 1 aliphatic heterocycles. The van der Waals surface area contributed by atoms with E-state index < -0.39 is 23.9 Å². The number of rotatable bonds is 7. The molecule has 2 amide bonds. The Labute approximate surface area is 144 Å². The third-order valence-corrected chi connectivity index (χ3v) is 3.96. The van der Waals surface area contributed by atoms with E-state index in [1.807, 2.05) is 0 Å². The highest BCUT2D eigenvalue weighted by molar-refractivity contribution is 6.09. The Morgan fingerprint density at radius 2 is 2.12 bits per heavy atom. The van der Waals surface area contributed by atoms with Gasteiger partial charge in [-0.2, -0.15) is 0 Å². The van der Waals surface area contributed by atoms with Crippen LogP contribution in [0.25, 0.3) is 0 Å². The standard InChI is InChI=1S/C17H21F3N2O3/c1-2-3-4-9-21-15(23)14-8-10-22(16(14)24)12-6-5-7-13(11-12)25-17(18,19)20/h5-7,11,14H,2-4,8-10H2,1H3,(H,21,23)/t14-/m0/s1. The Bertz CT molecular complexity index is 619. The number of carbonyl (C=O) groups is 2. The smallest absolute Gasteiger partial charge is 0.406 e. The van der Waals surface area contributed by atoms with Gasteiger partial charge in [-0.1, -0.05) is 25.8 Å². The van der Waals surface area contributed by atoms with Gasteiger partial charge in [-0.25, -0.2) is 0 Å². The Kier molecular flexibility index (Phi) is 6.27. The second-order valence-corrected chi connectivity index (χ2v) is 5.87. The molecule has 0 radical (unpaired) electrons. The molecule has 0 spiro atoms. The maximum atomic E-state index is 12.4. The molecule has 2 rings (SSSR count). The lowest BCUT2D eigenvalue weighted by Gasteiger charge is -2.18. The van der Waals surface area contributed by atoms with Crippen LogP contribution in [0.15, 0.2) is 24.3 Å². The SMILES string of the molecule is CCCCCNC(=O)[C@@H]1CCN(c2cccc(OC(F)(F)F)c2)C1=O. The van der Waals surface area contributed by atoms with Crippen LogP contribution in [0.4, 0.5) is 18.9 Å². The molecule has 5 nitrogen and oxygen atoms in total. The molecule has 0 unspecified atom stereocenters. The number of benzene rings is 1. The summed E-state index contributed by atoms with van der Waals surface area (Å²) in [6, 6.07) is 5.20. The maximum absolute atomic E-state index is 12.4. The summed E-state index contributed by atoms with van der Waals surface area (Å²) in [5.74, 6) is -1.93. The van der Waals surface area contributed by atoms with Gasteiger partial charge in [-0.05, 0) is 25.0 Å². The molecule has 1 fully saturated rings. The Morgan fingerprint density at radius 1 is 1.36 bits per heavy atom. The lowest BCUT2D eigenvalue weighted by molar-refractivity contribution is -0.274. The van der Waals surface area contributed by atoms with Crippen molar-refractivity contribution in [2.45, 2.75) is 39.0 Å². The van der Waals surface area contributed by atoms with E-state index >= 15 is 0 Å². The third kappa shape index (κ3) is 5.37. The number of halogens is 3. The summed E-state index contributed by atoms with van der Waals surface area (Å²) < 4.78 is 40.8. The number of anilines is 1. The van der Waals surface area contributed by atoms with Gasteiger partial charge in [0.2, 0.25) is 11.8 Å². The molecule has 1 N–H and O–H groups in total. The topological polar surface area (TPSA) is 58.6 Å². The van der Waals surface area contributed by atoms with Crippen LogP contribution in [0.1, 0.15) is 32.6 Å². The van der Waals surface area contributed by atoms with Gasteiger partial charge >= 0.3 is 6.36 Å². The zero-order valence-corrected chi connectivity index (χ0v) is 13.9. The number of carbonyl (C=O) groups excluding carboxylic acids is 2. The summed E-state index contributed by atoms with van der Waals surface area (Å²) in [5, 5.41) is 2.74. The third-order valence-electron chi connectivity index (χ3n) is 3.96. The summed E-state index contributed by atoms with van der Waals surface area (Å²) in [5.41, 5.74) is 0.285. The van der Waals surface area contributed by atoms with Crippen LogP contribution in [-0.4, -0.2) is 31.3 Å². The van der Waals surface area contributed by atoms with Crippen LogP contribution in [0.5, 0.6) is 5.75 Å². The lowest BCUT2D eigenvalue weighted by atomic mass is 10.1. The highest BCUT2D eigenvalue weighted by Gasteiger charge is 2.38. The summed E-state index contributed by atoms with van der Waals surface area (Å²) in [4.78, 5) is 25.9. The van der Waals surface area contributed by atoms with Gasteiger partial charge in [-0.3, -0.25) is 9.59 Å². The predicted molar refractivity (Wildman–Crippen MR) is 86.1 cm³/mol. The minimum atomic E-state index is -4.80. The van der Waals surface area contributed by atoms with Crippen molar-refractivity contribution in [3.8, 4) is 5.75 Å². The molecule has 1 aliphatic rings. The van der Waals surface area contributed by atoms with E-state index in [-0.39, 0.29) is 18.1 Å². The fourth-order valence-electron chi connectivity index (χ4n) is 2.74. The Balaban J connectivity index is 1.99. The number of ether oxygens (including phenoxy) is 1. The van der Waals surface area contributed by atoms with E-state index in [9.17, 15) is 22.8 Å². The first-order valence-electron chi connectivity index (χ1n) is 8.26. The fourth-order valence-corrected chi connectivity index (χ4v) is 2.74. The first-order chi connectivity index (χ1) is 11.8. The predicted octanol–water partition coefficient (Wildman–Crippen LogP) is 3.24. The van der Waals surface area contributed by atoms with E-state index in [1.165, 1.54) is 17.0 Å². The zero-order chi connectivity index (χ0) is 18.4. The second kappa shape index (κ2) is 8.22. The van der Waals surface area contributed by atoms with E-state index in [0.717, 1.165) is 31.4 Å². The number of nitrogens with zero attached hydrogens (tertiary/aromatic N) is 1. The maximum Gasteiger partial charge on any atom is 0.573 e. The summed E-state index contributed by atoms with van der Waals surface area (Å²) in [6.45, 7) is 2.85. The quantitative estimate of drug-likeness (QED) is 0.601. The van der Waals surface area contributed by atoms with Gasteiger partial charge in [0, 0.05) is 24.8 Å². The van der Waals surface area contributed by atoms with Crippen molar-refractivity contribution in [1.82, 2.24) is 5.32 Å². The molecule has 0 aromatic heterocycles. The molecule has 1 heterocycles. The average molecular weight is 358 g/mol. The molecule has 0 saturated carbocycles. The minimum absolute atomic E-state index is 0.279. The number of nitrogens with one attached hydrogen (secondary N) is 1. The molecule has 1 saturated heterocycles. The zero-order valence-electron chi connectivity index (χ0n) is 13.9. The molecule has 0 bridgehead atoms. The van der Waals surface area contributed by atoms with E-state index in [1.54, 1.807) is 0 Å². The fraction of sp³-hybridized carbons (Fsp3) is 0.529. The van der Waals surface area contributed by atoms with Crippen molar-refractivity contribution in [3.05, 3.63) is 24.3 Å². The van der Waals surface area contributed by atoms with Crippen molar-refractivity contribution in [3.63, 3.8) is 0 Å². The monoisotopic (exact) mass is 358 g/mol. The summed E-state index contributed by atoms with van der Waals surface area (Å²) in [7, 11) is 0.